The number of hydrogen-bond acceptors (Lipinski definition) is 4. The van der Waals surface area contributed by atoms with E-state index >= 15 is 0 Å². The molecule has 0 saturated heterocycles. The highest BCUT2D eigenvalue weighted by atomic mass is 35.5. The van der Waals surface area contributed by atoms with Gasteiger partial charge in [-0.1, -0.05) is 31.5 Å². The number of amides is 1. The Kier molecular flexibility index (Phi) is 4.43. The molecule has 0 unspecified atom stereocenters. The predicted molar refractivity (Wildman–Crippen MR) is 84.7 cm³/mol. The molecule has 0 saturated carbocycles. The smallest absolute Gasteiger partial charge is 0.276 e. The molecule has 0 fully saturated rings. The van der Waals surface area contributed by atoms with Crippen molar-refractivity contribution in [3.05, 3.63) is 46.5 Å². The number of nitrogen functional groups attached to an aromatic ring is 1. The number of carbonyl (C=O) groups excluding carboxylic acids is 1. The maximum absolute atomic E-state index is 12.3. The molecule has 1 aromatic heterocycles. The molecule has 1 heterocycles. The first-order chi connectivity index (χ1) is 9.90. The van der Waals surface area contributed by atoms with E-state index in [4.69, 9.17) is 17.3 Å². The summed E-state index contributed by atoms with van der Waals surface area (Å²) in [7, 11) is 0. The van der Waals surface area contributed by atoms with E-state index in [1.54, 1.807) is 18.2 Å². The largest absolute Gasteiger partial charge is 0.396 e. The van der Waals surface area contributed by atoms with Gasteiger partial charge in [0.25, 0.3) is 5.91 Å². The Morgan fingerprint density at radius 3 is 2.76 bits per heavy atom. The van der Waals surface area contributed by atoms with Gasteiger partial charge < -0.3 is 11.1 Å². The number of halogens is 1. The summed E-state index contributed by atoms with van der Waals surface area (Å²) in [6.07, 6.45) is 1.46. The summed E-state index contributed by atoms with van der Waals surface area (Å²) < 4.78 is 0. The van der Waals surface area contributed by atoms with Crippen LogP contribution in [0.3, 0.4) is 0 Å². The monoisotopic (exact) mass is 304 g/mol. The molecule has 1 amide bonds. The zero-order valence-corrected chi connectivity index (χ0v) is 12.9. The van der Waals surface area contributed by atoms with Gasteiger partial charge in [-0.05, 0) is 24.6 Å². The van der Waals surface area contributed by atoms with Gasteiger partial charge in [0.2, 0.25) is 0 Å². The summed E-state index contributed by atoms with van der Waals surface area (Å²) in [5.41, 5.74) is 7.65. The first kappa shape index (κ1) is 15.3. The van der Waals surface area contributed by atoms with Gasteiger partial charge in [0, 0.05) is 16.6 Å². The maximum atomic E-state index is 12.3. The molecule has 0 aliphatic carbocycles. The second-order valence-corrected chi connectivity index (χ2v) is 5.46. The van der Waals surface area contributed by atoms with E-state index < -0.39 is 0 Å². The van der Waals surface area contributed by atoms with E-state index in [9.17, 15) is 4.79 Å². The number of carbonyl (C=O) groups is 1. The van der Waals surface area contributed by atoms with Crippen LogP contribution in [0.4, 0.5) is 11.4 Å². The van der Waals surface area contributed by atoms with Crippen LogP contribution in [0.2, 0.25) is 5.02 Å². The van der Waals surface area contributed by atoms with Crippen LogP contribution in [0.15, 0.2) is 24.4 Å². The zero-order valence-electron chi connectivity index (χ0n) is 12.1. The molecule has 110 valence electrons. The van der Waals surface area contributed by atoms with E-state index in [-0.39, 0.29) is 23.2 Å². The topological polar surface area (TPSA) is 80.9 Å². The molecule has 1 aromatic carbocycles. The summed E-state index contributed by atoms with van der Waals surface area (Å²) in [5, 5.41) is 3.37. The van der Waals surface area contributed by atoms with Crippen LogP contribution < -0.4 is 11.1 Å². The highest BCUT2D eigenvalue weighted by Gasteiger charge is 2.16. The number of anilines is 2. The molecule has 0 atom stereocenters. The van der Waals surface area contributed by atoms with Crippen LogP contribution in [0.1, 0.15) is 41.6 Å². The Labute approximate surface area is 128 Å². The van der Waals surface area contributed by atoms with Crippen molar-refractivity contribution in [2.24, 2.45) is 0 Å². The van der Waals surface area contributed by atoms with Crippen LogP contribution in [-0.2, 0) is 0 Å². The molecule has 0 radical (unpaired) electrons. The minimum Gasteiger partial charge on any atom is -0.396 e. The van der Waals surface area contributed by atoms with Crippen LogP contribution in [-0.4, -0.2) is 15.9 Å². The first-order valence-corrected chi connectivity index (χ1v) is 6.96. The summed E-state index contributed by atoms with van der Waals surface area (Å²) >= 11 is 6.04. The number of hydrogen-bond donors (Lipinski definition) is 2. The van der Waals surface area contributed by atoms with Gasteiger partial charge in [-0.15, -0.1) is 0 Å². The number of benzene rings is 1. The van der Waals surface area contributed by atoms with Gasteiger partial charge in [-0.25, -0.2) is 9.97 Å². The SMILES string of the molecule is Cc1c(Cl)cccc1NC(=O)c1nc(C(C)C)ncc1N. The fourth-order valence-electron chi connectivity index (χ4n) is 1.79. The van der Waals surface area contributed by atoms with Crippen molar-refractivity contribution >= 4 is 28.9 Å². The zero-order chi connectivity index (χ0) is 15.6. The minimum absolute atomic E-state index is 0.116. The van der Waals surface area contributed by atoms with Crippen molar-refractivity contribution in [2.75, 3.05) is 11.1 Å². The van der Waals surface area contributed by atoms with Crippen LogP contribution in [0.5, 0.6) is 0 Å². The van der Waals surface area contributed by atoms with Crippen LogP contribution >= 0.6 is 11.6 Å². The molecular formula is C15H17ClN4O. The van der Waals surface area contributed by atoms with Gasteiger partial charge in [0.15, 0.2) is 5.69 Å². The highest BCUT2D eigenvalue weighted by Crippen LogP contribution is 2.24. The van der Waals surface area contributed by atoms with Crippen LogP contribution in [0.25, 0.3) is 0 Å². The number of rotatable bonds is 3. The third kappa shape index (κ3) is 3.31. The third-order valence-electron chi connectivity index (χ3n) is 3.08. The van der Waals surface area contributed by atoms with Crippen LogP contribution in [0, 0.1) is 6.92 Å². The lowest BCUT2D eigenvalue weighted by atomic mass is 10.2. The van der Waals surface area contributed by atoms with E-state index in [0.717, 1.165) is 5.56 Å². The van der Waals surface area contributed by atoms with Crippen molar-refractivity contribution in [1.29, 1.82) is 0 Å². The maximum Gasteiger partial charge on any atom is 0.276 e. The van der Waals surface area contributed by atoms with E-state index in [2.05, 4.69) is 15.3 Å². The van der Waals surface area contributed by atoms with E-state index in [1.165, 1.54) is 6.20 Å². The molecule has 0 aliphatic rings. The Morgan fingerprint density at radius 2 is 2.10 bits per heavy atom. The Balaban J connectivity index is 2.32. The summed E-state index contributed by atoms with van der Waals surface area (Å²) in [5.74, 6) is 0.324. The normalized spacial score (nSPS) is 10.7. The average molecular weight is 305 g/mol. The molecule has 3 N–H and O–H groups in total. The van der Waals surface area contributed by atoms with Gasteiger partial charge in [-0.2, -0.15) is 0 Å². The Hall–Kier alpha value is -2.14. The summed E-state index contributed by atoms with van der Waals surface area (Å²) in [6.45, 7) is 5.74. The highest BCUT2D eigenvalue weighted by molar-refractivity contribution is 6.31. The molecular weight excluding hydrogens is 288 g/mol. The molecule has 2 rings (SSSR count). The molecule has 0 bridgehead atoms. The Morgan fingerprint density at radius 1 is 1.38 bits per heavy atom. The second kappa shape index (κ2) is 6.10. The lowest BCUT2D eigenvalue weighted by molar-refractivity contribution is 0.102. The lowest BCUT2D eigenvalue weighted by Crippen LogP contribution is -2.18. The van der Waals surface area contributed by atoms with E-state index in [0.29, 0.717) is 16.5 Å². The van der Waals surface area contributed by atoms with Gasteiger partial charge in [0.1, 0.15) is 5.82 Å². The fourth-order valence-corrected chi connectivity index (χ4v) is 1.96. The third-order valence-corrected chi connectivity index (χ3v) is 3.49. The van der Waals surface area contributed by atoms with Crippen molar-refractivity contribution in [3.63, 3.8) is 0 Å². The van der Waals surface area contributed by atoms with Crippen molar-refractivity contribution in [3.8, 4) is 0 Å². The van der Waals surface area contributed by atoms with Gasteiger partial charge in [-0.3, -0.25) is 4.79 Å². The molecule has 0 aliphatic heterocycles. The quantitative estimate of drug-likeness (QED) is 0.910. The number of nitrogens with two attached hydrogens (primary N) is 1. The molecule has 0 spiro atoms. The Bertz CT molecular complexity index is 685. The molecule has 6 heteroatoms. The predicted octanol–water partition coefficient (Wildman–Crippen LogP) is 3.40. The van der Waals surface area contributed by atoms with Crippen molar-refractivity contribution < 1.29 is 4.79 Å². The summed E-state index contributed by atoms with van der Waals surface area (Å²) in [6, 6.07) is 5.32. The second-order valence-electron chi connectivity index (χ2n) is 5.05. The summed E-state index contributed by atoms with van der Waals surface area (Å²) in [4.78, 5) is 20.7. The minimum atomic E-state index is -0.373. The number of nitrogens with zero attached hydrogens (tertiary/aromatic N) is 2. The number of aromatic nitrogens is 2. The fraction of sp³-hybridized carbons (Fsp3) is 0.267. The molecule has 21 heavy (non-hydrogen) atoms. The average Bonchev–Trinajstić information content (AvgIpc) is 2.44. The lowest BCUT2D eigenvalue weighted by Gasteiger charge is -2.11. The van der Waals surface area contributed by atoms with E-state index in [1.807, 2.05) is 20.8 Å². The van der Waals surface area contributed by atoms with Crippen molar-refractivity contribution in [1.82, 2.24) is 9.97 Å². The van der Waals surface area contributed by atoms with Gasteiger partial charge >= 0.3 is 0 Å². The number of nitrogens with one attached hydrogen (secondary N) is 1. The van der Waals surface area contributed by atoms with Crippen molar-refractivity contribution in [2.45, 2.75) is 26.7 Å². The standard InChI is InChI=1S/C15H17ClN4O/c1-8(2)14-18-7-11(17)13(20-14)15(21)19-12-6-4-5-10(16)9(12)3/h4-8H,17H2,1-3H3,(H,19,21). The molecule has 5 nitrogen and oxygen atoms in total. The van der Waals surface area contributed by atoms with Gasteiger partial charge in [0.05, 0.1) is 11.9 Å². The molecule has 2 aromatic rings. The first-order valence-electron chi connectivity index (χ1n) is 6.59.